The van der Waals surface area contributed by atoms with Gasteiger partial charge >= 0.3 is 17.8 Å². The van der Waals surface area contributed by atoms with E-state index < -0.39 is 30.3 Å². The van der Waals surface area contributed by atoms with Gasteiger partial charge in [0, 0.05) is 11.7 Å². The first kappa shape index (κ1) is 22.3. The Morgan fingerprint density at radius 2 is 1.48 bits per heavy atom. The zero-order chi connectivity index (χ0) is 23.4. The topological polar surface area (TPSA) is 105 Å². The molecule has 2 fully saturated rings. The first-order chi connectivity index (χ1) is 16.0. The Kier molecular flexibility index (Phi) is 6.58. The van der Waals surface area contributed by atoms with Gasteiger partial charge < -0.3 is 14.8 Å². The van der Waals surface area contributed by atoms with E-state index in [-0.39, 0.29) is 6.04 Å². The van der Waals surface area contributed by atoms with Crippen molar-refractivity contribution in [3.05, 3.63) is 48.5 Å². The van der Waals surface area contributed by atoms with E-state index in [4.69, 9.17) is 9.47 Å². The fraction of sp³-hybridized carbons (Fsp3) is 0.333. The van der Waals surface area contributed by atoms with Crippen LogP contribution in [0.2, 0.25) is 0 Å². The SMILES string of the molecule is CCOc1ccc(Oc2ccc(NC(=O)CN3C(=O)C(=O)N(C4CCCC4)C3=O)cc2)cc1. The lowest BCUT2D eigenvalue weighted by molar-refractivity contribution is -0.144. The second-order valence-electron chi connectivity index (χ2n) is 7.87. The van der Waals surface area contributed by atoms with E-state index in [9.17, 15) is 19.2 Å². The molecule has 1 aliphatic carbocycles. The van der Waals surface area contributed by atoms with Crippen LogP contribution in [-0.2, 0) is 14.4 Å². The Balaban J connectivity index is 1.32. The fourth-order valence-corrected chi connectivity index (χ4v) is 4.00. The normalized spacial score (nSPS) is 16.5. The van der Waals surface area contributed by atoms with Gasteiger partial charge in [-0.3, -0.25) is 19.3 Å². The molecule has 1 saturated carbocycles. The Hall–Kier alpha value is -3.88. The second-order valence-corrected chi connectivity index (χ2v) is 7.87. The molecule has 1 aliphatic heterocycles. The highest BCUT2D eigenvalue weighted by Crippen LogP contribution is 2.28. The summed E-state index contributed by atoms with van der Waals surface area (Å²) < 4.78 is 11.2. The Morgan fingerprint density at radius 1 is 0.909 bits per heavy atom. The van der Waals surface area contributed by atoms with Gasteiger partial charge in [0.25, 0.3) is 0 Å². The molecule has 1 heterocycles. The van der Waals surface area contributed by atoms with Crippen molar-refractivity contribution in [2.24, 2.45) is 0 Å². The van der Waals surface area contributed by atoms with E-state index in [1.165, 1.54) is 0 Å². The molecule has 0 aromatic heterocycles. The molecule has 1 saturated heterocycles. The monoisotopic (exact) mass is 451 g/mol. The summed E-state index contributed by atoms with van der Waals surface area (Å²) in [7, 11) is 0. The molecule has 2 aromatic carbocycles. The molecule has 4 rings (SSSR count). The van der Waals surface area contributed by atoms with Crippen molar-refractivity contribution in [3.63, 3.8) is 0 Å². The standard InChI is InChI=1S/C24H25N3O6/c1-2-32-18-11-13-20(14-12-18)33-19-9-7-16(8-10-19)25-21(28)15-26-22(29)23(30)27(24(26)31)17-5-3-4-6-17/h7-14,17H,2-6,15H2,1H3,(H,25,28). The first-order valence-electron chi connectivity index (χ1n) is 11.0. The zero-order valence-electron chi connectivity index (χ0n) is 18.3. The molecule has 2 aromatic rings. The first-order valence-corrected chi connectivity index (χ1v) is 11.0. The van der Waals surface area contributed by atoms with E-state index in [0.717, 1.165) is 23.5 Å². The van der Waals surface area contributed by atoms with Gasteiger partial charge in [0.15, 0.2) is 0 Å². The molecule has 0 radical (unpaired) electrons. The lowest BCUT2D eigenvalue weighted by Crippen LogP contribution is -2.41. The molecule has 5 amide bonds. The predicted molar refractivity (Wildman–Crippen MR) is 119 cm³/mol. The number of nitrogens with one attached hydrogen (secondary N) is 1. The number of carbonyl (C=O) groups is 4. The maximum absolute atomic E-state index is 12.6. The number of imide groups is 2. The summed E-state index contributed by atoms with van der Waals surface area (Å²) in [5.41, 5.74) is 0.470. The van der Waals surface area contributed by atoms with Crippen molar-refractivity contribution < 1.29 is 28.7 Å². The number of benzene rings is 2. The molecule has 9 nitrogen and oxygen atoms in total. The molecule has 172 valence electrons. The number of rotatable bonds is 8. The maximum atomic E-state index is 12.6. The quantitative estimate of drug-likeness (QED) is 0.486. The van der Waals surface area contributed by atoms with Crippen molar-refractivity contribution >= 4 is 29.4 Å². The number of amides is 5. The number of nitrogens with zero attached hydrogens (tertiary/aromatic N) is 2. The van der Waals surface area contributed by atoms with Crippen molar-refractivity contribution in [2.45, 2.75) is 38.6 Å². The van der Waals surface area contributed by atoms with Crippen LogP contribution in [0, 0.1) is 0 Å². The van der Waals surface area contributed by atoms with Gasteiger partial charge in [-0.15, -0.1) is 0 Å². The smallest absolute Gasteiger partial charge is 0.334 e. The Morgan fingerprint density at radius 3 is 2.09 bits per heavy atom. The minimum Gasteiger partial charge on any atom is -0.494 e. The molecule has 9 heteroatoms. The largest absolute Gasteiger partial charge is 0.494 e. The van der Waals surface area contributed by atoms with E-state index in [1.807, 2.05) is 19.1 Å². The van der Waals surface area contributed by atoms with Gasteiger partial charge in [-0.1, -0.05) is 12.8 Å². The Bertz CT molecular complexity index is 1040. The average Bonchev–Trinajstić information content (AvgIpc) is 3.40. The van der Waals surface area contributed by atoms with E-state index in [2.05, 4.69) is 5.32 Å². The van der Waals surface area contributed by atoms with Gasteiger partial charge in [-0.05, 0) is 68.3 Å². The summed E-state index contributed by atoms with van der Waals surface area (Å²) >= 11 is 0. The van der Waals surface area contributed by atoms with Crippen LogP contribution in [0.4, 0.5) is 10.5 Å². The molecular formula is C24H25N3O6. The Labute approximate surface area is 191 Å². The van der Waals surface area contributed by atoms with Gasteiger partial charge in [-0.2, -0.15) is 0 Å². The molecular weight excluding hydrogens is 426 g/mol. The van der Waals surface area contributed by atoms with Crippen LogP contribution < -0.4 is 14.8 Å². The molecule has 0 unspecified atom stereocenters. The van der Waals surface area contributed by atoms with Crippen LogP contribution in [0.15, 0.2) is 48.5 Å². The third kappa shape index (κ3) is 4.97. The van der Waals surface area contributed by atoms with E-state index >= 15 is 0 Å². The second kappa shape index (κ2) is 9.72. The molecule has 0 atom stereocenters. The molecule has 33 heavy (non-hydrogen) atoms. The summed E-state index contributed by atoms with van der Waals surface area (Å²) in [6.07, 6.45) is 3.20. The predicted octanol–water partition coefficient (Wildman–Crippen LogP) is 3.55. The number of urea groups is 1. The minimum atomic E-state index is -0.957. The fourth-order valence-electron chi connectivity index (χ4n) is 4.00. The number of ether oxygens (including phenoxy) is 2. The third-order valence-electron chi connectivity index (χ3n) is 5.58. The van der Waals surface area contributed by atoms with E-state index in [0.29, 0.717) is 41.5 Å². The number of hydrogen-bond acceptors (Lipinski definition) is 6. The van der Waals surface area contributed by atoms with Crippen molar-refractivity contribution in [1.82, 2.24) is 9.80 Å². The highest BCUT2D eigenvalue weighted by atomic mass is 16.5. The average molecular weight is 451 g/mol. The summed E-state index contributed by atoms with van der Waals surface area (Å²) in [5.74, 6) is -0.418. The lowest BCUT2D eigenvalue weighted by Gasteiger charge is -2.20. The van der Waals surface area contributed by atoms with Gasteiger partial charge in [-0.25, -0.2) is 9.69 Å². The van der Waals surface area contributed by atoms with Crippen LogP contribution >= 0.6 is 0 Å². The number of carbonyl (C=O) groups excluding carboxylic acids is 4. The third-order valence-corrected chi connectivity index (χ3v) is 5.58. The summed E-state index contributed by atoms with van der Waals surface area (Å²) in [5, 5.41) is 2.63. The maximum Gasteiger partial charge on any atom is 0.334 e. The summed E-state index contributed by atoms with van der Waals surface area (Å²) in [6, 6.07) is 12.9. The van der Waals surface area contributed by atoms with Gasteiger partial charge in [0.2, 0.25) is 5.91 Å². The van der Waals surface area contributed by atoms with Crippen molar-refractivity contribution in [1.29, 1.82) is 0 Å². The van der Waals surface area contributed by atoms with E-state index in [1.54, 1.807) is 36.4 Å². The highest BCUT2D eigenvalue weighted by Gasteiger charge is 2.48. The van der Waals surface area contributed by atoms with Crippen LogP contribution in [0.3, 0.4) is 0 Å². The molecule has 0 spiro atoms. The van der Waals surface area contributed by atoms with Gasteiger partial charge in [0.1, 0.15) is 23.8 Å². The highest BCUT2D eigenvalue weighted by molar-refractivity contribution is 6.45. The van der Waals surface area contributed by atoms with Crippen LogP contribution in [0.5, 0.6) is 17.2 Å². The summed E-state index contributed by atoms with van der Waals surface area (Å²) in [4.78, 5) is 51.2. The van der Waals surface area contributed by atoms with Crippen molar-refractivity contribution in [2.75, 3.05) is 18.5 Å². The van der Waals surface area contributed by atoms with Crippen molar-refractivity contribution in [3.8, 4) is 17.2 Å². The minimum absolute atomic E-state index is 0.259. The summed E-state index contributed by atoms with van der Waals surface area (Å²) in [6.45, 7) is 1.98. The molecule has 2 aliphatic rings. The molecule has 0 bridgehead atoms. The van der Waals surface area contributed by atoms with Crippen LogP contribution in [0.25, 0.3) is 0 Å². The molecule has 1 N–H and O–H groups in total. The van der Waals surface area contributed by atoms with Crippen LogP contribution in [-0.4, -0.2) is 52.7 Å². The van der Waals surface area contributed by atoms with Crippen LogP contribution in [0.1, 0.15) is 32.6 Å². The number of hydrogen-bond donors (Lipinski definition) is 1. The zero-order valence-corrected chi connectivity index (χ0v) is 18.3. The lowest BCUT2D eigenvalue weighted by atomic mass is 10.2. The number of anilines is 1. The van der Waals surface area contributed by atoms with Gasteiger partial charge in [0.05, 0.1) is 6.61 Å².